The van der Waals surface area contributed by atoms with Crippen molar-refractivity contribution < 1.29 is 19.1 Å². The summed E-state index contributed by atoms with van der Waals surface area (Å²) < 4.78 is 4.68. The normalized spacial score (nSPS) is 10.9. The van der Waals surface area contributed by atoms with Crippen LogP contribution in [0.15, 0.2) is 48.5 Å². The number of para-hydroxylation sites is 1. The highest BCUT2D eigenvalue weighted by Crippen LogP contribution is 2.29. The molecule has 2 aromatic rings. The highest BCUT2D eigenvalue weighted by molar-refractivity contribution is 5.96. The molecule has 0 aliphatic heterocycles. The van der Waals surface area contributed by atoms with Crippen molar-refractivity contribution in [3.63, 3.8) is 0 Å². The number of nitrogens with zero attached hydrogens (tertiary/aromatic N) is 1. The maximum Gasteiger partial charge on any atom is 0.337 e. The van der Waals surface area contributed by atoms with Crippen molar-refractivity contribution in [2.45, 2.75) is 39.5 Å². The summed E-state index contributed by atoms with van der Waals surface area (Å²) in [5, 5.41) is 2.96. The Morgan fingerprint density at radius 1 is 1.00 bits per heavy atom. The third kappa shape index (κ3) is 5.91. The Kier molecular flexibility index (Phi) is 7.15. The summed E-state index contributed by atoms with van der Waals surface area (Å²) in [6, 6.07) is 14.2. The molecule has 0 bridgehead atoms. The third-order valence-corrected chi connectivity index (χ3v) is 4.55. The fraction of sp³-hybridized carbons (Fsp3) is 0.348. The van der Waals surface area contributed by atoms with Gasteiger partial charge >= 0.3 is 5.97 Å². The van der Waals surface area contributed by atoms with Gasteiger partial charge in [0.2, 0.25) is 11.8 Å². The molecule has 0 spiro atoms. The number of hydrogen-bond acceptors (Lipinski definition) is 4. The molecule has 0 heterocycles. The zero-order valence-corrected chi connectivity index (χ0v) is 17.6. The largest absolute Gasteiger partial charge is 0.465 e. The van der Waals surface area contributed by atoms with E-state index in [-0.39, 0.29) is 30.2 Å². The summed E-state index contributed by atoms with van der Waals surface area (Å²) in [4.78, 5) is 37.7. The molecule has 0 aromatic heterocycles. The van der Waals surface area contributed by atoms with Crippen LogP contribution in [-0.2, 0) is 19.7 Å². The van der Waals surface area contributed by atoms with E-state index in [1.54, 1.807) is 24.3 Å². The predicted octanol–water partition coefficient (Wildman–Crippen LogP) is 4.15. The number of rotatable bonds is 6. The van der Waals surface area contributed by atoms with Gasteiger partial charge in [-0.15, -0.1) is 0 Å². The highest BCUT2D eigenvalue weighted by Gasteiger charge is 2.19. The lowest BCUT2D eigenvalue weighted by Crippen LogP contribution is -2.32. The van der Waals surface area contributed by atoms with Gasteiger partial charge in [-0.05, 0) is 41.3 Å². The topological polar surface area (TPSA) is 75.7 Å². The molecule has 0 saturated carbocycles. The van der Waals surface area contributed by atoms with Gasteiger partial charge in [-0.1, -0.05) is 39.0 Å². The van der Waals surface area contributed by atoms with E-state index >= 15 is 0 Å². The molecular formula is C23H28N2O4. The van der Waals surface area contributed by atoms with E-state index in [1.807, 2.05) is 24.3 Å². The fourth-order valence-corrected chi connectivity index (χ4v) is 3.04. The number of methoxy groups -OCH3 is 1. The molecule has 0 radical (unpaired) electrons. The summed E-state index contributed by atoms with van der Waals surface area (Å²) in [7, 11) is 1.31. The first-order valence-electron chi connectivity index (χ1n) is 9.49. The smallest absolute Gasteiger partial charge is 0.337 e. The SMILES string of the molecule is COC(=O)c1ccc(N(CCC(=O)Nc2ccccc2C(C)(C)C)C(C)=O)cc1. The first-order chi connectivity index (χ1) is 13.6. The summed E-state index contributed by atoms with van der Waals surface area (Å²) in [6.07, 6.45) is 0.150. The number of anilines is 2. The van der Waals surface area contributed by atoms with Gasteiger partial charge < -0.3 is 15.0 Å². The lowest BCUT2D eigenvalue weighted by molar-refractivity contribution is -0.117. The van der Waals surface area contributed by atoms with Crippen LogP contribution in [0, 0.1) is 0 Å². The number of nitrogens with one attached hydrogen (secondary N) is 1. The Morgan fingerprint density at radius 3 is 2.17 bits per heavy atom. The molecule has 1 N–H and O–H groups in total. The minimum absolute atomic E-state index is 0.101. The summed E-state index contributed by atoms with van der Waals surface area (Å²) >= 11 is 0. The van der Waals surface area contributed by atoms with Gasteiger partial charge in [-0.3, -0.25) is 9.59 Å². The van der Waals surface area contributed by atoms with Gasteiger partial charge in [-0.2, -0.15) is 0 Å². The van der Waals surface area contributed by atoms with Crippen molar-refractivity contribution in [2.75, 3.05) is 23.9 Å². The van der Waals surface area contributed by atoms with Crippen molar-refractivity contribution >= 4 is 29.2 Å². The van der Waals surface area contributed by atoms with E-state index < -0.39 is 5.97 Å². The second-order valence-electron chi connectivity index (χ2n) is 7.80. The average Bonchev–Trinajstić information content (AvgIpc) is 2.67. The molecule has 6 heteroatoms. The number of carbonyl (C=O) groups excluding carboxylic acids is 3. The number of carbonyl (C=O) groups is 3. The van der Waals surface area contributed by atoms with Crippen molar-refractivity contribution in [2.24, 2.45) is 0 Å². The molecule has 0 atom stereocenters. The minimum Gasteiger partial charge on any atom is -0.465 e. The van der Waals surface area contributed by atoms with Crippen LogP contribution in [-0.4, -0.2) is 31.4 Å². The maximum atomic E-state index is 12.5. The van der Waals surface area contributed by atoms with Crippen molar-refractivity contribution in [1.82, 2.24) is 0 Å². The first-order valence-corrected chi connectivity index (χ1v) is 9.49. The number of ether oxygens (including phenoxy) is 1. The monoisotopic (exact) mass is 396 g/mol. The van der Waals surface area contributed by atoms with Crippen LogP contribution in [0.25, 0.3) is 0 Å². The van der Waals surface area contributed by atoms with Crippen LogP contribution >= 0.6 is 0 Å². The minimum atomic E-state index is -0.442. The molecule has 0 aliphatic carbocycles. The molecule has 2 amide bonds. The molecule has 2 rings (SSSR count). The molecular weight excluding hydrogens is 368 g/mol. The van der Waals surface area contributed by atoms with Gasteiger partial charge in [0.15, 0.2) is 0 Å². The van der Waals surface area contributed by atoms with Crippen LogP contribution < -0.4 is 10.2 Å². The highest BCUT2D eigenvalue weighted by atomic mass is 16.5. The molecule has 0 fully saturated rings. The van der Waals surface area contributed by atoms with Crippen LogP contribution in [0.2, 0.25) is 0 Å². The lowest BCUT2D eigenvalue weighted by atomic mass is 9.86. The van der Waals surface area contributed by atoms with Gasteiger partial charge in [-0.25, -0.2) is 4.79 Å². The number of hydrogen-bond donors (Lipinski definition) is 1. The van der Waals surface area contributed by atoms with E-state index in [9.17, 15) is 14.4 Å². The molecule has 154 valence electrons. The molecule has 6 nitrogen and oxygen atoms in total. The first kappa shape index (κ1) is 22.1. The standard InChI is InChI=1S/C23H28N2O4/c1-16(26)25(18-12-10-17(11-13-18)22(28)29-5)15-14-21(27)24-20-9-7-6-8-19(20)23(2,3)4/h6-13H,14-15H2,1-5H3,(H,24,27). The quantitative estimate of drug-likeness (QED) is 0.744. The summed E-state index contributed by atoms with van der Waals surface area (Å²) in [5.74, 6) is -0.791. The van der Waals surface area contributed by atoms with Crippen molar-refractivity contribution in [1.29, 1.82) is 0 Å². The second kappa shape index (κ2) is 9.37. The Morgan fingerprint density at radius 2 is 1.62 bits per heavy atom. The molecule has 0 aliphatic rings. The maximum absolute atomic E-state index is 12.5. The average molecular weight is 396 g/mol. The van der Waals surface area contributed by atoms with Crippen molar-refractivity contribution in [3.8, 4) is 0 Å². The van der Waals surface area contributed by atoms with Gasteiger partial charge in [0.1, 0.15) is 0 Å². The predicted molar refractivity (Wildman–Crippen MR) is 114 cm³/mol. The number of esters is 1. The van der Waals surface area contributed by atoms with Crippen LogP contribution in [0.1, 0.15) is 50.0 Å². The van der Waals surface area contributed by atoms with Crippen LogP contribution in [0.3, 0.4) is 0 Å². The molecule has 2 aromatic carbocycles. The van der Waals surface area contributed by atoms with Gasteiger partial charge in [0.05, 0.1) is 12.7 Å². The fourth-order valence-electron chi connectivity index (χ4n) is 3.04. The van der Waals surface area contributed by atoms with Crippen LogP contribution in [0.5, 0.6) is 0 Å². The molecule has 0 unspecified atom stereocenters. The Hall–Kier alpha value is -3.15. The van der Waals surface area contributed by atoms with E-state index in [4.69, 9.17) is 0 Å². The van der Waals surface area contributed by atoms with Gasteiger partial charge in [0, 0.05) is 31.3 Å². The van der Waals surface area contributed by atoms with E-state index in [0.29, 0.717) is 11.3 Å². The van der Waals surface area contributed by atoms with E-state index in [2.05, 4.69) is 30.8 Å². The molecule has 0 saturated heterocycles. The lowest BCUT2D eigenvalue weighted by Gasteiger charge is -2.24. The zero-order chi connectivity index (χ0) is 21.6. The van der Waals surface area contributed by atoms with E-state index in [1.165, 1.54) is 18.9 Å². The van der Waals surface area contributed by atoms with Crippen molar-refractivity contribution in [3.05, 3.63) is 59.7 Å². The second-order valence-corrected chi connectivity index (χ2v) is 7.80. The van der Waals surface area contributed by atoms with Crippen LogP contribution in [0.4, 0.5) is 11.4 Å². The van der Waals surface area contributed by atoms with Gasteiger partial charge in [0.25, 0.3) is 0 Å². The Balaban J connectivity index is 2.07. The third-order valence-electron chi connectivity index (χ3n) is 4.55. The molecule has 29 heavy (non-hydrogen) atoms. The number of benzene rings is 2. The summed E-state index contributed by atoms with van der Waals surface area (Å²) in [5.41, 5.74) is 2.75. The number of amides is 2. The zero-order valence-electron chi connectivity index (χ0n) is 17.6. The summed E-state index contributed by atoms with van der Waals surface area (Å²) in [6.45, 7) is 7.95. The van der Waals surface area contributed by atoms with E-state index in [0.717, 1.165) is 11.3 Å². The Bertz CT molecular complexity index is 882. The Labute approximate surface area is 171 Å².